The van der Waals surface area contributed by atoms with Crippen LogP contribution in [0.5, 0.6) is 0 Å². The maximum atomic E-state index is 14.2. The molecular formula is C14H8F6S2. The summed E-state index contributed by atoms with van der Waals surface area (Å²) in [5.41, 5.74) is -3.22. The minimum atomic E-state index is -1.78. The van der Waals surface area contributed by atoms with Crippen molar-refractivity contribution in [3.63, 3.8) is 0 Å². The Bertz CT molecular complexity index is 675. The molecule has 8 heteroatoms. The van der Waals surface area contributed by atoms with E-state index in [1.807, 2.05) is 0 Å². The van der Waals surface area contributed by atoms with Crippen molar-refractivity contribution in [3.8, 4) is 11.1 Å². The largest absolute Gasteiger partial charge is 0.206 e. The van der Waals surface area contributed by atoms with Crippen molar-refractivity contribution in [1.29, 1.82) is 0 Å². The molecule has 0 unspecified atom stereocenters. The Kier molecular flexibility index (Phi) is 4.45. The van der Waals surface area contributed by atoms with Crippen LogP contribution in [-0.4, -0.2) is 0 Å². The number of benzene rings is 2. The van der Waals surface area contributed by atoms with Gasteiger partial charge in [-0.25, -0.2) is 26.3 Å². The summed E-state index contributed by atoms with van der Waals surface area (Å²) < 4.78 is 83.5. The third-order valence-electron chi connectivity index (χ3n) is 3.31. The second kappa shape index (κ2) is 5.73. The first-order valence-corrected chi connectivity index (χ1v) is 6.73. The van der Waals surface area contributed by atoms with Gasteiger partial charge in [0.25, 0.3) is 0 Å². The number of hydrogen-bond donors (Lipinski definition) is 2. The lowest BCUT2D eigenvalue weighted by Crippen LogP contribution is -2.06. The van der Waals surface area contributed by atoms with Crippen LogP contribution in [0.25, 0.3) is 11.1 Å². The van der Waals surface area contributed by atoms with Crippen molar-refractivity contribution >= 4 is 25.3 Å². The number of thiol groups is 2. The van der Waals surface area contributed by atoms with Gasteiger partial charge < -0.3 is 0 Å². The van der Waals surface area contributed by atoms with Gasteiger partial charge in [-0.2, -0.15) is 0 Å². The second-order valence-electron chi connectivity index (χ2n) is 4.58. The van der Waals surface area contributed by atoms with Gasteiger partial charge in [-0.05, 0) is 19.4 Å². The molecule has 0 heterocycles. The third kappa shape index (κ3) is 2.28. The van der Waals surface area contributed by atoms with E-state index < -0.39 is 66.9 Å². The number of halogens is 6. The van der Waals surface area contributed by atoms with E-state index in [4.69, 9.17) is 0 Å². The highest BCUT2D eigenvalue weighted by atomic mass is 32.1. The molecule has 0 saturated carbocycles. The molecule has 0 N–H and O–H groups in total. The lowest BCUT2D eigenvalue weighted by atomic mass is 9.96. The first-order valence-electron chi connectivity index (χ1n) is 5.83. The minimum absolute atomic E-state index is 0.410. The number of hydrogen-bond acceptors (Lipinski definition) is 2. The summed E-state index contributed by atoms with van der Waals surface area (Å²) >= 11 is 7.07. The van der Waals surface area contributed by atoms with Gasteiger partial charge in [-0.3, -0.25) is 0 Å². The van der Waals surface area contributed by atoms with Gasteiger partial charge >= 0.3 is 0 Å². The van der Waals surface area contributed by atoms with Crippen LogP contribution < -0.4 is 0 Å². The first-order chi connectivity index (χ1) is 10.1. The molecule has 0 amide bonds. The fourth-order valence-corrected chi connectivity index (χ4v) is 2.51. The molecule has 2 rings (SSSR count). The van der Waals surface area contributed by atoms with Crippen LogP contribution in [0.2, 0.25) is 0 Å². The molecule has 22 heavy (non-hydrogen) atoms. The molecular weight excluding hydrogens is 346 g/mol. The van der Waals surface area contributed by atoms with E-state index in [1.54, 1.807) is 0 Å². The molecule has 0 bridgehead atoms. The van der Waals surface area contributed by atoms with Crippen molar-refractivity contribution in [3.05, 3.63) is 46.0 Å². The molecule has 0 nitrogen and oxygen atoms in total. The number of rotatable bonds is 1. The summed E-state index contributed by atoms with van der Waals surface area (Å²) in [7, 11) is 0. The van der Waals surface area contributed by atoms with Gasteiger partial charge in [0, 0.05) is 16.0 Å². The summed E-state index contributed by atoms with van der Waals surface area (Å²) in [6.45, 7) is 2.06. The third-order valence-corrected chi connectivity index (χ3v) is 4.23. The molecule has 0 saturated heterocycles. The molecule has 0 fully saturated rings. The quantitative estimate of drug-likeness (QED) is 0.383. The van der Waals surface area contributed by atoms with Crippen LogP contribution in [-0.2, 0) is 0 Å². The van der Waals surface area contributed by atoms with E-state index in [9.17, 15) is 26.3 Å². The van der Waals surface area contributed by atoms with Gasteiger partial charge in [-0.1, -0.05) is 0 Å². The highest BCUT2D eigenvalue weighted by molar-refractivity contribution is 7.80. The van der Waals surface area contributed by atoms with Crippen LogP contribution in [0, 0.1) is 48.8 Å². The van der Waals surface area contributed by atoms with Crippen LogP contribution >= 0.6 is 25.3 Å². The van der Waals surface area contributed by atoms with Gasteiger partial charge in [-0.15, -0.1) is 25.3 Å². The van der Waals surface area contributed by atoms with Crippen molar-refractivity contribution in [2.45, 2.75) is 23.6 Å². The second-order valence-corrected chi connectivity index (χ2v) is 5.48. The van der Waals surface area contributed by atoms with E-state index in [2.05, 4.69) is 25.3 Å². The van der Waals surface area contributed by atoms with E-state index in [0.717, 1.165) is 13.8 Å². The molecule has 0 aliphatic carbocycles. The van der Waals surface area contributed by atoms with Crippen molar-refractivity contribution in [2.24, 2.45) is 0 Å². The average Bonchev–Trinajstić information content (AvgIpc) is 2.50. The van der Waals surface area contributed by atoms with Crippen LogP contribution in [0.1, 0.15) is 11.1 Å². The smallest absolute Gasteiger partial charge is 0.175 e. The zero-order chi connectivity index (χ0) is 16.9. The molecule has 118 valence electrons. The fraction of sp³-hybridized carbons (Fsp3) is 0.143. The van der Waals surface area contributed by atoms with Crippen molar-refractivity contribution in [2.75, 3.05) is 0 Å². The van der Waals surface area contributed by atoms with E-state index >= 15 is 0 Å². The Morgan fingerprint density at radius 1 is 0.500 bits per heavy atom. The molecule has 2 aromatic carbocycles. The maximum absolute atomic E-state index is 14.2. The highest BCUT2D eigenvalue weighted by Gasteiger charge is 2.29. The Balaban J connectivity index is 3.03. The normalized spacial score (nSPS) is 11.2. The topological polar surface area (TPSA) is 0 Å². The predicted molar refractivity (Wildman–Crippen MR) is 75.6 cm³/mol. The summed E-state index contributed by atoms with van der Waals surface area (Å²) in [5, 5.41) is 0. The molecule has 0 radical (unpaired) electrons. The Morgan fingerprint density at radius 3 is 1.50 bits per heavy atom. The van der Waals surface area contributed by atoms with E-state index in [-0.39, 0.29) is 0 Å². The molecule has 0 atom stereocenters. The first kappa shape index (κ1) is 17.1. The molecule has 0 spiro atoms. The van der Waals surface area contributed by atoms with Crippen LogP contribution in [0.3, 0.4) is 0 Å². The van der Waals surface area contributed by atoms with Gasteiger partial charge in [0.15, 0.2) is 23.3 Å². The monoisotopic (exact) mass is 354 g/mol. The van der Waals surface area contributed by atoms with E-state index in [1.165, 1.54) is 0 Å². The lowest BCUT2D eigenvalue weighted by molar-refractivity contribution is 0.459. The summed E-state index contributed by atoms with van der Waals surface area (Å²) in [4.78, 5) is -1.54. The summed E-state index contributed by atoms with van der Waals surface area (Å²) in [6.07, 6.45) is 0. The Labute approximate surface area is 133 Å². The van der Waals surface area contributed by atoms with Crippen molar-refractivity contribution in [1.82, 2.24) is 0 Å². The minimum Gasteiger partial charge on any atom is -0.206 e. The van der Waals surface area contributed by atoms with E-state index in [0.29, 0.717) is 0 Å². The summed E-state index contributed by atoms with van der Waals surface area (Å²) in [5.74, 6) is -9.38. The standard InChI is InChI=1S/C14H8F6S2/c1-3-5(9(17)12(20)14(22)8(3)16)6-7(15)4(2)13(21)11(19)10(6)18/h21-22H,1-2H3. The van der Waals surface area contributed by atoms with Gasteiger partial charge in [0.2, 0.25) is 0 Å². The zero-order valence-corrected chi connectivity index (χ0v) is 13.0. The fourth-order valence-electron chi connectivity index (χ4n) is 2.04. The summed E-state index contributed by atoms with van der Waals surface area (Å²) in [6, 6.07) is 0. The Morgan fingerprint density at radius 2 is 0.955 bits per heavy atom. The van der Waals surface area contributed by atoms with Gasteiger partial charge in [0.1, 0.15) is 11.6 Å². The average molecular weight is 354 g/mol. The zero-order valence-electron chi connectivity index (χ0n) is 11.2. The predicted octanol–water partition coefficient (Wildman–Crippen LogP) is 5.38. The molecule has 0 aliphatic heterocycles. The Hall–Kier alpha value is -1.28. The van der Waals surface area contributed by atoms with Crippen LogP contribution in [0.4, 0.5) is 26.3 Å². The SMILES string of the molecule is Cc1c(F)c(-c2c(C)c(F)c(S)c(F)c2F)c(F)c(F)c1S. The van der Waals surface area contributed by atoms with Crippen molar-refractivity contribution < 1.29 is 26.3 Å². The van der Waals surface area contributed by atoms with Gasteiger partial charge in [0.05, 0.1) is 10.5 Å². The molecule has 0 aromatic heterocycles. The molecule has 0 aliphatic rings. The highest BCUT2D eigenvalue weighted by Crippen LogP contribution is 2.39. The lowest BCUT2D eigenvalue weighted by Gasteiger charge is -2.16. The van der Waals surface area contributed by atoms with Crippen LogP contribution in [0.15, 0.2) is 9.79 Å². The molecule has 2 aromatic rings. The maximum Gasteiger partial charge on any atom is 0.175 e.